The maximum atomic E-state index is 5.14. The van der Waals surface area contributed by atoms with Crippen molar-refractivity contribution in [1.82, 2.24) is 5.32 Å². The summed E-state index contributed by atoms with van der Waals surface area (Å²) in [6.45, 7) is 9.92. The van der Waals surface area contributed by atoms with Crippen LogP contribution in [-0.4, -0.2) is 6.54 Å². The van der Waals surface area contributed by atoms with Gasteiger partial charge in [-0.2, -0.15) is 0 Å². The van der Waals surface area contributed by atoms with Crippen molar-refractivity contribution < 1.29 is 4.42 Å². The first-order chi connectivity index (χ1) is 6.61. The number of hydrogen-bond donors (Lipinski definition) is 1. The van der Waals surface area contributed by atoms with Crippen LogP contribution in [0.4, 0.5) is 0 Å². The molecule has 1 rings (SSSR count). The molecule has 1 unspecified atom stereocenters. The fourth-order valence-corrected chi connectivity index (χ4v) is 1.69. The number of hydrogen-bond acceptors (Lipinski definition) is 2. The van der Waals surface area contributed by atoms with Gasteiger partial charge in [-0.05, 0) is 24.4 Å². The Morgan fingerprint density at radius 3 is 2.57 bits per heavy atom. The lowest BCUT2D eigenvalue weighted by Gasteiger charge is -2.33. The minimum atomic E-state index is 0.264. The standard InChI is InChI=1S/C12H21NO/c1-5-12(3,4)11(13-6-2)10-7-8-14-9-10/h7-9,11,13H,5-6H2,1-4H3. The smallest absolute Gasteiger partial charge is 0.0950 e. The van der Waals surface area contributed by atoms with E-state index in [1.165, 1.54) is 5.56 Å². The number of nitrogens with one attached hydrogen (secondary N) is 1. The van der Waals surface area contributed by atoms with Gasteiger partial charge in [-0.25, -0.2) is 0 Å². The molecule has 2 heteroatoms. The van der Waals surface area contributed by atoms with Gasteiger partial charge in [0.2, 0.25) is 0 Å². The Hall–Kier alpha value is -0.760. The Kier molecular flexibility index (Phi) is 3.76. The van der Waals surface area contributed by atoms with Crippen molar-refractivity contribution in [3.8, 4) is 0 Å². The van der Waals surface area contributed by atoms with Crippen LogP contribution in [0.5, 0.6) is 0 Å². The van der Waals surface area contributed by atoms with Crippen LogP contribution in [0, 0.1) is 5.41 Å². The van der Waals surface area contributed by atoms with Gasteiger partial charge in [-0.3, -0.25) is 0 Å². The van der Waals surface area contributed by atoms with Crippen LogP contribution in [-0.2, 0) is 0 Å². The molecule has 1 heterocycles. The van der Waals surface area contributed by atoms with Gasteiger partial charge in [-0.1, -0.05) is 27.7 Å². The molecule has 2 nitrogen and oxygen atoms in total. The van der Waals surface area contributed by atoms with E-state index < -0.39 is 0 Å². The highest BCUT2D eigenvalue weighted by Gasteiger charge is 2.28. The molecule has 14 heavy (non-hydrogen) atoms. The van der Waals surface area contributed by atoms with E-state index in [1.807, 2.05) is 12.3 Å². The second-order valence-electron chi connectivity index (χ2n) is 4.39. The average molecular weight is 195 g/mol. The minimum absolute atomic E-state index is 0.264. The van der Waals surface area contributed by atoms with Gasteiger partial charge >= 0.3 is 0 Å². The maximum absolute atomic E-state index is 5.14. The highest BCUT2D eigenvalue weighted by atomic mass is 16.3. The summed E-state index contributed by atoms with van der Waals surface area (Å²) in [5.74, 6) is 0. The highest BCUT2D eigenvalue weighted by molar-refractivity contribution is 5.14. The molecule has 0 saturated carbocycles. The molecular weight excluding hydrogens is 174 g/mol. The summed E-state index contributed by atoms with van der Waals surface area (Å²) in [6, 6.07) is 2.43. The lowest BCUT2D eigenvalue weighted by atomic mass is 9.79. The van der Waals surface area contributed by atoms with Crippen LogP contribution in [0.15, 0.2) is 23.0 Å². The maximum Gasteiger partial charge on any atom is 0.0950 e. The van der Waals surface area contributed by atoms with Crippen molar-refractivity contribution in [2.75, 3.05) is 6.54 Å². The predicted octanol–water partition coefficient (Wildman–Crippen LogP) is 3.37. The number of furan rings is 1. The third kappa shape index (κ3) is 2.38. The molecule has 0 aliphatic heterocycles. The summed E-state index contributed by atoms with van der Waals surface area (Å²) < 4.78 is 5.14. The van der Waals surface area contributed by atoms with Crippen LogP contribution >= 0.6 is 0 Å². The van der Waals surface area contributed by atoms with Crippen molar-refractivity contribution in [2.45, 2.75) is 40.2 Å². The van der Waals surface area contributed by atoms with Gasteiger partial charge in [0.05, 0.1) is 12.5 Å². The zero-order valence-electron chi connectivity index (χ0n) is 9.63. The summed E-state index contributed by atoms with van der Waals surface area (Å²) in [5, 5.41) is 3.52. The number of rotatable bonds is 5. The Morgan fingerprint density at radius 2 is 2.14 bits per heavy atom. The normalized spacial score (nSPS) is 14.3. The van der Waals surface area contributed by atoms with Crippen LogP contribution in [0.1, 0.15) is 45.7 Å². The van der Waals surface area contributed by atoms with Crippen molar-refractivity contribution >= 4 is 0 Å². The Balaban J connectivity index is 2.84. The molecule has 1 atom stereocenters. The lowest BCUT2D eigenvalue weighted by Crippen LogP contribution is -2.33. The van der Waals surface area contributed by atoms with E-state index in [-0.39, 0.29) is 5.41 Å². The molecular formula is C12H21NO. The van der Waals surface area contributed by atoms with Gasteiger partial charge < -0.3 is 9.73 Å². The van der Waals surface area contributed by atoms with Crippen molar-refractivity contribution in [3.05, 3.63) is 24.2 Å². The molecule has 0 radical (unpaired) electrons. The van der Waals surface area contributed by atoms with E-state index in [2.05, 4.69) is 33.0 Å². The van der Waals surface area contributed by atoms with Crippen molar-refractivity contribution in [2.24, 2.45) is 5.41 Å². The molecule has 0 fully saturated rings. The van der Waals surface area contributed by atoms with E-state index in [9.17, 15) is 0 Å². The zero-order valence-corrected chi connectivity index (χ0v) is 9.63. The van der Waals surface area contributed by atoms with Gasteiger partial charge in [-0.15, -0.1) is 0 Å². The van der Waals surface area contributed by atoms with Crippen LogP contribution in [0.2, 0.25) is 0 Å². The molecule has 0 saturated heterocycles. The summed E-state index contributed by atoms with van der Waals surface area (Å²) in [6.07, 6.45) is 4.73. The summed E-state index contributed by atoms with van der Waals surface area (Å²) in [4.78, 5) is 0. The minimum Gasteiger partial charge on any atom is -0.472 e. The molecule has 1 aromatic rings. The van der Waals surface area contributed by atoms with E-state index in [1.54, 1.807) is 6.26 Å². The van der Waals surface area contributed by atoms with Crippen LogP contribution < -0.4 is 5.32 Å². The molecule has 0 aliphatic rings. The van der Waals surface area contributed by atoms with Gasteiger partial charge in [0.15, 0.2) is 0 Å². The zero-order chi connectivity index (χ0) is 10.6. The second kappa shape index (κ2) is 4.65. The Labute approximate surface area is 86.7 Å². The lowest BCUT2D eigenvalue weighted by molar-refractivity contribution is 0.236. The van der Waals surface area contributed by atoms with Crippen molar-refractivity contribution in [3.63, 3.8) is 0 Å². The third-order valence-corrected chi connectivity index (χ3v) is 2.98. The fourth-order valence-electron chi connectivity index (χ4n) is 1.69. The van der Waals surface area contributed by atoms with E-state index in [0.717, 1.165) is 13.0 Å². The Morgan fingerprint density at radius 1 is 1.43 bits per heavy atom. The quantitative estimate of drug-likeness (QED) is 0.779. The van der Waals surface area contributed by atoms with E-state index in [0.29, 0.717) is 6.04 Å². The molecule has 1 N–H and O–H groups in total. The predicted molar refractivity (Wildman–Crippen MR) is 59.2 cm³/mol. The van der Waals surface area contributed by atoms with Gasteiger partial charge in [0.25, 0.3) is 0 Å². The molecule has 1 aromatic heterocycles. The summed E-state index contributed by atoms with van der Waals surface area (Å²) in [7, 11) is 0. The first-order valence-electron chi connectivity index (χ1n) is 5.37. The Bertz CT molecular complexity index is 251. The summed E-state index contributed by atoms with van der Waals surface area (Å²) in [5.41, 5.74) is 1.51. The monoisotopic (exact) mass is 195 g/mol. The van der Waals surface area contributed by atoms with E-state index >= 15 is 0 Å². The molecule has 0 bridgehead atoms. The fraction of sp³-hybridized carbons (Fsp3) is 0.667. The van der Waals surface area contributed by atoms with Crippen LogP contribution in [0.25, 0.3) is 0 Å². The molecule has 0 aromatic carbocycles. The van der Waals surface area contributed by atoms with Gasteiger partial charge in [0, 0.05) is 11.6 Å². The molecule has 80 valence electrons. The highest BCUT2D eigenvalue weighted by Crippen LogP contribution is 2.36. The largest absolute Gasteiger partial charge is 0.472 e. The summed E-state index contributed by atoms with van der Waals surface area (Å²) >= 11 is 0. The van der Waals surface area contributed by atoms with Crippen LogP contribution in [0.3, 0.4) is 0 Å². The SMILES string of the molecule is CCNC(c1ccoc1)C(C)(C)CC. The second-order valence-corrected chi connectivity index (χ2v) is 4.39. The first kappa shape index (κ1) is 11.3. The molecule has 0 aliphatic carbocycles. The van der Waals surface area contributed by atoms with Gasteiger partial charge in [0.1, 0.15) is 0 Å². The first-order valence-corrected chi connectivity index (χ1v) is 5.37. The van der Waals surface area contributed by atoms with E-state index in [4.69, 9.17) is 4.42 Å². The van der Waals surface area contributed by atoms with Crippen molar-refractivity contribution in [1.29, 1.82) is 0 Å². The molecule has 0 spiro atoms. The topological polar surface area (TPSA) is 25.2 Å². The average Bonchev–Trinajstić information content (AvgIpc) is 2.66. The third-order valence-electron chi connectivity index (χ3n) is 2.98. The molecule has 0 amide bonds.